The third-order valence-electron chi connectivity index (χ3n) is 3.91. The molecule has 2 aromatic rings. The molecule has 1 aliphatic rings. The zero-order valence-corrected chi connectivity index (χ0v) is 13.0. The van der Waals surface area contributed by atoms with Crippen molar-refractivity contribution in [3.05, 3.63) is 47.3 Å². The van der Waals surface area contributed by atoms with E-state index in [4.69, 9.17) is 4.74 Å². The van der Waals surface area contributed by atoms with Gasteiger partial charge in [0, 0.05) is 25.0 Å². The van der Waals surface area contributed by atoms with Crippen molar-refractivity contribution < 1.29 is 9.53 Å². The minimum Gasteiger partial charge on any atom is -0.381 e. The van der Waals surface area contributed by atoms with Gasteiger partial charge in [-0.25, -0.2) is 0 Å². The molecule has 1 saturated heterocycles. The molecule has 1 aliphatic heterocycles. The number of hydrogen-bond donors (Lipinski definition) is 1. The predicted molar refractivity (Wildman–Crippen MR) is 85.2 cm³/mol. The van der Waals surface area contributed by atoms with Crippen molar-refractivity contribution in [2.24, 2.45) is 0 Å². The Hall–Kier alpha value is -2.14. The van der Waals surface area contributed by atoms with E-state index in [0.717, 1.165) is 42.9 Å². The number of amides is 1. The molecule has 5 nitrogen and oxygen atoms in total. The molecule has 0 aliphatic carbocycles. The summed E-state index contributed by atoms with van der Waals surface area (Å²) in [6.07, 6.45) is 5.53. The van der Waals surface area contributed by atoms with Crippen LogP contribution in [0.3, 0.4) is 0 Å². The van der Waals surface area contributed by atoms with Crippen molar-refractivity contribution in [1.82, 2.24) is 9.78 Å². The summed E-state index contributed by atoms with van der Waals surface area (Å²) in [6, 6.07) is 6.21. The number of aromatic nitrogens is 2. The highest BCUT2D eigenvalue weighted by atomic mass is 16.5. The van der Waals surface area contributed by atoms with Gasteiger partial charge in [0.15, 0.2) is 0 Å². The van der Waals surface area contributed by atoms with Gasteiger partial charge in [-0.1, -0.05) is 17.2 Å². The van der Waals surface area contributed by atoms with Crippen LogP contribution in [0.2, 0.25) is 0 Å². The van der Waals surface area contributed by atoms with Gasteiger partial charge in [0.25, 0.3) is 5.91 Å². The summed E-state index contributed by atoms with van der Waals surface area (Å²) in [6.45, 7) is 5.53. The fraction of sp³-hybridized carbons (Fsp3) is 0.412. The molecule has 1 aromatic carbocycles. The van der Waals surface area contributed by atoms with Crippen LogP contribution in [0, 0.1) is 13.8 Å². The molecule has 2 heterocycles. The standard InChI is InChI=1S/C17H21N3O2/c1-12-7-13(2)9-14(8-12)17(21)19-15-10-18-20(11-15)16-3-5-22-6-4-16/h7-11,16H,3-6H2,1-2H3,(H,19,21). The Kier molecular flexibility index (Phi) is 4.24. The number of carbonyl (C=O) groups excluding carboxylic acids is 1. The number of anilines is 1. The molecule has 0 bridgehead atoms. The van der Waals surface area contributed by atoms with Crippen LogP contribution in [0.5, 0.6) is 0 Å². The summed E-state index contributed by atoms with van der Waals surface area (Å²) in [5, 5.41) is 7.29. The Labute approximate surface area is 130 Å². The average Bonchev–Trinajstić information content (AvgIpc) is 2.95. The Morgan fingerprint density at radius 2 is 1.91 bits per heavy atom. The molecule has 3 rings (SSSR count). The van der Waals surface area contributed by atoms with Crippen LogP contribution >= 0.6 is 0 Å². The molecule has 1 aromatic heterocycles. The molecule has 5 heteroatoms. The Morgan fingerprint density at radius 3 is 2.59 bits per heavy atom. The highest BCUT2D eigenvalue weighted by Gasteiger charge is 2.17. The number of rotatable bonds is 3. The maximum atomic E-state index is 12.3. The van der Waals surface area contributed by atoms with Gasteiger partial charge in [-0.15, -0.1) is 0 Å². The summed E-state index contributed by atoms with van der Waals surface area (Å²) >= 11 is 0. The van der Waals surface area contributed by atoms with Gasteiger partial charge in [-0.2, -0.15) is 5.10 Å². The van der Waals surface area contributed by atoms with Gasteiger partial charge >= 0.3 is 0 Å². The molecule has 0 unspecified atom stereocenters. The van der Waals surface area contributed by atoms with Crippen molar-refractivity contribution in [2.75, 3.05) is 18.5 Å². The predicted octanol–water partition coefficient (Wildman–Crippen LogP) is 3.10. The number of nitrogens with one attached hydrogen (secondary N) is 1. The van der Waals surface area contributed by atoms with Gasteiger partial charge < -0.3 is 10.1 Å². The van der Waals surface area contributed by atoms with E-state index in [2.05, 4.69) is 16.5 Å². The smallest absolute Gasteiger partial charge is 0.255 e. The summed E-state index contributed by atoms with van der Waals surface area (Å²) < 4.78 is 7.29. The second-order valence-electron chi connectivity index (χ2n) is 5.88. The number of nitrogens with zero attached hydrogens (tertiary/aromatic N) is 2. The molecule has 0 spiro atoms. The fourth-order valence-electron chi connectivity index (χ4n) is 2.86. The van der Waals surface area contributed by atoms with Crippen LogP contribution in [-0.4, -0.2) is 28.9 Å². The molecule has 1 fully saturated rings. The van der Waals surface area contributed by atoms with Gasteiger partial charge in [-0.05, 0) is 38.8 Å². The topological polar surface area (TPSA) is 56.2 Å². The lowest BCUT2D eigenvalue weighted by molar-refractivity contribution is 0.0662. The van der Waals surface area contributed by atoms with E-state index in [1.807, 2.05) is 36.9 Å². The Bertz CT molecular complexity index is 652. The summed E-state index contributed by atoms with van der Waals surface area (Å²) in [5.74, 6) is -0.0988. The second-order valence-corrected chi connectivity index (χ2v) is 5.88. The number of hydrogen-bond acceptors (Lipinski definition) is 3. The lowest BCUT2D eigenvalue weighted by atomic mass is 10.1. The molecule has 0 radical (unpaired) electrons. The molecule has 0 saturated carbocycles. The highest BCUT2D eigenvalue weighted by Crippen LogP contribution is 2.21. The number of ether oxygens (including phenoxy) is 1. The third kappa shape index (κ3) is 3.36. The minimum absolute atomic E-state index is 0.0988. The van der Waals surface area contributed by atoms with Crippen molar-refractivity contribution >= 4 is 11.6 Å². The molecular weight excluding hydrogens is 278 g/mol. The van der Waals surface area contributed by atoms with Crippen LogP contribution in [0.1, 0.15) is 40.4 Å². The van der Waals surface area contributed by atoms with E-state index in [1.165, 1.54) is 0 Å². The highest BCUT2D eigenvalue weighted by molar-refractivity contribution is 6.04. The van der Waals surface area contributed by atoms with E-state index in [0.29, 0.717) is 11.6 Å². The first kappa shape index (κ1) is 14.8. The number of benzene rings is 1. The SMILES string of the molecule is Cc1cc(C)cc(C(=O)Nc2cnn(C3CCOCC3)c2)c1. The molecule has 116 valence electrons. The van der Waals surface area contributed by atoms with Crippen molar-refractivity contribution in [3.63, 3.8) is 0 Å². The zero-order chi connectivity index (χ0) is 15.5. The van der Waals surface area contributed by atoms with Gasteiger partial charge in [-0.3, -0.25) is 9.48 Å². The van der Waals surface area contributed by atoms with E-state index in [9.17, 15) is 4.79 Å². The van der Waals surface area contributed by atoms with Crippen LogP contribution in [-0.2, 0) is 4.74 Å². The van der Waals surface area contributed by atoms with Crippen LogP contribution < -0.4 is 5.32 Å². The van der Waals surface area contributed by atoms with Gasteiger partial charge in [0.1, 0.15) is 0 Å². The van der Waals surface area contributed by atoms with E-state index < -0.39 is 0 Å². The van der Waals surface area contributed by atoms with E-state index in [-0.39, 0.29) is 5.91 Å². The first-order valence-electron chi connectivity index (χ1n) is 7.63. The molecular formula is C17H21N3O2. The summed E-state index contributed by atoms with van der Waals surface area (Å²) in [5.41, 5.74) is 3.58. The van der Waals surface area contributed by atoms with E-state index in [1.54, 1.807) is 6.20 Å². The molecule has 1 N–H and O–H groups in total. The Balaban J connectivity index is 1.70. The van der Waals surface area contributed by atoms with Crippen molar-refractivity contribution in [3.8, 4) is 0 Å². The Morgan fingerprint density at radius 1 is 1.23 bits per heavy atom. The lowest BCUT2D eigenvalue weighted by Gasteiger charge is -2.22. The second kappa shape index (κ2) is 6.32. The monoisotopic (exact) mass is 299 g/mol. The van der Waals surface area contributed by atoms with E-state index >= 15 is 0 Å². The maximum absolute atomic E-state index is 12.3. The third-order valence-corrected chi connectivity index (χ3v) is 3.91. The summed E-state index contributed by atoms with van der Waals surface area (Å²) in [4.78, 5) is 12.3. The first-order valence-corrected chi connectivity index (χ1v) is 7.63. The largest absolute Gasteiger partial charge is 0.381 e. The minimum atomic E-state index is -0.0988. The van der Waals surface area contributed by atoms with Crippen molar-refractivity contribution in [1.29, 1.82) is 0 Å². The van der Waals surface area contributed by atoms with Crippen molar-refractivity contribution in [2.45, 2.75) is 32.7 Å². The summed E-state index contributed by atoms with van der Waals surface area (Å²) in [7, 11) is 0. The molecule has 1 amide bonds. The maximum Gasteiger partial charge on any atom is 0.255 e. The van der Waals surface area contributed by atoms with Gasteiger partial charge in [0.05, 0.1) is 17.9 Å². The lowest BCUT2D eigenvalue weighted by Crippen LogP contribution is -2.19. The number of carbonyl (C=O) groups is 1. The molecule has 0 atom stereocenters. The van der Waals surface area contributed by atoms with Gasteiger partial charge in [0.2, 0.25) is 0 Å². The fourth-order valence-corrected chi connectivity index (χ4v) is 2.86. The average molecular weight is 299 g/mol. The number of aryl methyl sites for hydroxylation is 2. The molecule has 22 heavy (non-hydrogen) atoms. The van der Waals surface area contributed by atoms with Crippen LogP contribution in [0.25, 0.3) is 0 Å². The normalized spacial score (nSPS) is 15.7. The first-order chi connectivity index (χ1) is 10.6. The quantitative estimate of drug-likeness (QED) is 0.947. The van der Waals surface area contributed by atoms with Crippen LogP contribution in [0.15, 0.2) is 30.6 Å². The zero-order valence-electron chi connectivity index (χ0n) is 13.0. The van der Waals surface area contributed by atoms with Crippen LogP contribution in [0.4, 0.5) is 5.69 Å².